The maximum atomic E-state index is 12.6. The third-order valence-corrected chi connectivity index (χ3v) is 5.21. The molecular formula is C17H27N3O3. The van der Waals surface area contributed by atoms with E-state index < -0.39 is 0 Å². The summed E-state index contributed by atoms with van der Waals surface area (Å²) in [5.41, 5.74) is 1.98. The zero-order valence-corrected chi connectivity index (χ0v) is 14.4. The number of likely N-dealkylation sites (tertiary alicyclic amines) is 1. The Balaban J connectivity index is 1.54. The fourth-order valence-electron chi connectivity index (χ4n) is 3.79. The highest BCUT2D eigenvalue weighted by atomic mass is 16.5. The van der Waals surface area contributed by atoms with Gasteiger partial charge in [0.2, 0.25) is 5.91 Å². The lowest BCUT2D eigenvalue weighted by atomic mass is 10.0. The number of hydrogen-bond acceptors (Lipinski definition) is 5. The fraction of sp³-hybridized carbons (Fsp3) is 0.765. The summed E-state index contributed by atoms with van der Waals surface area (Å²) in [5, 5.41) is 3.96. The molecule has 2 aliphatic rings. The Kier molecular flexibility index (Phi) is 5.02. The van der Waals surface area contributed by atoms with Crippen LogP contribution in [0.3, 0.4) is 0 Å². The first-order valence-electron chi connectivity index (χ1n) is 8.57. The maximum absolute atomic E-state index is 12.6. The second kappa shape index (κ2) is 7.01. The Hall–Kier alpha value is -1.40. The molecule has 1 aromatic heterocycles. The summed E-state index contributed by atoms with van der Waals surface area (Å²) < 4.78 is 10.6. The van der Waals surface area contributed by atoms with Crippen molar-refractivity contribution >= 4 is 5.91 Å². The van der Waals surface area contributed by atoms with Crippen LogP contribution in [0.4, 0.5) is 0 Å². The van der Waals surface area contributed by atoms with Crippen LogP contribution in [-0.2, 0) is 16.0 Å². The van der Waals surface area contributed by atoms with Gasteiger partial charge in [-0.1, -0.05) is 12.1 Å². The van der Waals surface area contributed by atoms with E-state index in [0.717, 1.165) is 56.4 Å². The van der Waals surface area contributed by atoms with Gasteiger partial charge in [0.15, 0.2) is 0 Å². The van der Waals surface area contributed by atoms with Crippen LogP contribution < -0.4 is 0 Å². The molecule has 0 unspecified atom stereocenters. The molecule has 0 N–H and O–H groups in total. The summed E-state index contributed by atoms with van der Waals surface area (Å²) in [7, 11) is 0. The highest BCUT2D eigenvalue weighted by molar-refractivity contribution is 5.77. The van der Waals surface area contributed by atoms with Gasteiger partial charge in [0.05, 0.1) is 18.9 Å². The van der Waals surface area contributed by atoms with E-state index in [2.05, 4.69) is 17.0 Å². The average Bonchev–Trinajstić information content (AvgIpc) is 3.09. The van der Waals surface area contributed by atoms with Crippen LogP contribution in [0.1, 0.15) is 30.4 Å². The number of hydrogen-bond donors (Lipinski definition) is 0. The van der Waals surface area contributed by atoms with Crippen molar-refractivity contribution in [2.75, 3.05) is 39.4 Å². The number of carbonyl (C=O) groups excluding carboxylic acids is 1. The second-order valence-electron chi connectivity index (χ2n) is 6.79. The van der Waals surface area contributed by atoms with Gasteiger partial charge in [-0.2, -0.15) is 0 Å². The quantitative estimate of drug-likeness (QED) is 0.839. The highest BCUT2D eigenvalue weighted by Gasteiger charge is 2.36. The van der Waals surface area contributed by atoms with Gasteiger partial charge in [0, 0.05) is 44.2 Å². The van der Waals surface area contributed by atoms with Crippen LogP contribution in [0, 0.1) is 19.8 Å². The second-order valence-corrected chi connectivity index (χ2v) is 6.79. The molecule has 0 radical (unpaired) electrons. The molecule has 0 bridgehead atoms. The Labute approximate surface area is 137 Å². The van der Waals surface area contributed by atoms with Crippen LogP contribution in [0.2, 0.25) is 0 Å². The lowest BCUT2D eigenvalue weighted by molar-refractivity contribution is -0.130. The Morgan fingerprint density at radius 2 is 2.00 bits per heavy atom. The van der Waals surface area contributed by atoms with Crippen molar-refractivity contribution in [3.8, 4) is 0 Å². The zero-order chi connectivity index (χ0) is 16.4. The van der Waals surface area contributed by atoms with E-state index >= 15 is 0 Å². The van der Waals surface area contributed by atoms with Crippen molar-refractivity contribution in [1.82, 2.24) is 15.0 Å². The van der Waals surface area contributed by atoms with Gasteiger partial charge in [0.25, 0.3) is 0 Å². The number of morpholine rings is 1. The van der Waals surface area contributed by atoms with Crippen LogP contribution >= 0.6 is 0 Å². The predicted octanol–water partition coefficient (Wildman–Crippen LogP) is 1.40. The van der Waals surface area contributed by atoms with Crippen LogP contribution in [0.15, 0.2) is 4.52 Å². The number of ether oxygens (including phenoxy) is 1. The molecule has 2 aliphatic heterocycles. The highest BCUT2D eigenvalue weighted by Crippen LogP contribution is 2.24. The van der Waals surface area contributed by atoms with Crippen LogP contribution in [0.5, 0.6) is 0 Å². The molecule has 0 aromatic carbocycles. The van der Waals surface area contributed by atoms with Crippen molar-refractivity contribution in [3.05, 3.63) is 17.0 Å². The topological polar surface area (TPSA) is 58.8 Å². The largest absolute Gasteiger partial charge is 0.379 e. The number of rotatable bonds is 4. The van der Waals surface area contributed by atoms with E-state index in [1.54, 1.807) is 0 Å². The normalized spacial score (nSPS) is 26.0. The lowest BCUT2D eigenvalue weighted by Crippen LogP contribution is -2.47. The third-order valence-electron chi connectivity index (χ3n) is 5.21. The molecule has 128 valence electrons. The summed E-state index contributed by atoms with van der Waals surface area (Å²) in [6, 6.07) is 0.474. The fourth-order valence-corrected chi connectivity index (χ4v) is 3.79. The lowest BCUT2D eigenvalue weighted by Gasteiger charge is -2.34. The van der Waals surface area contributed by atoms with Gasteiger partial charge in [0.1, 0.15) is 5.76 Å². The minimum Gasteiger partial charge on any atom is -0.379 e. The number of amides is 1. The number of nitrogens with zero attached hydrogens (tertiary/aromatic N) is 3. The predicted molar refractivity (Wildman–Crippen MR) is 86.2 cm³/mol. The molecule has 1 aromatic rings. The Morgan fingerprint density at radius 1 is 1.26 bits per heavy atom. The van der Waals surface area contributed by atoms with Crippen molar-refractivity contribution in [2.45, 2.75) is 39.7 Å². The Morgan fingerprint density at radius 3 is 2.65 bits per heavy atom. The van der Waals surface area contributed by atoms with E-state index in [1.165, 1.54) is 0 Å². The van der Waals surface area contributed by atoms with Crippen LogP contribution in [0.25, 0.3) is 0 Å². The number of aryl methyl sites for hydroxylation is 2. The van der Waals surface area contributed by atoms with Gasteiger partial charge in [-0.25, -0.2) is 0 Å². The minimum atomic E-state index is 0.243. The van der Waals surface area contributed by atoms with E-state index in [4.69, 9.17) is 9.26 Å². The summed E-state index contributed by atoms with van der Waals surface area (Å²) in [6.45, 7) is 11.4. The molecule has 2 atom stereocenters. The average molecular weight is 321 g/mol. The monoisotopic (exact) mass is 321 g/mol. The summed E-state index contributed by atoms with van der Waals surface area (Å²) in [4.78, 5) is 17.1. The van der Waals surface area contributed by atoms with Crippen LogP contribution in [-0.4, -0.2) is 66.3 Å². The zero-order valence-electron chi connectivity index (χ0n) is 14.4. The standard InChI is InChI=1S/C17H27N3O3/c1-12-10-20(11-16(12)19-6-8-22-9-7-19)17(21)5-4-15-13(2)18-23-14(15)3/h12,16H,4-11H2,1-3H3/t12-,16-/m0/s1. The molecule has 3 rings (SSSR count). The third kappa shape index (κ3) is 3.58. The number of aromatic nitrogens is 1. The molecular weight excluding hydrogens is 294 g/mol. The van der Waals surface area contributed by atoms with Crippen molar-refractivity contribution in [2.24, 2.45) is 5.92 Å². The number of carbonyl (C=O) groups is 1. The van der Waals surface area contributed by atoms with Crippen molar-refractivity contribution in [1.29, 1.82) is 0 Å². The smallest absolute Gasteiger partial charge is 0.222 e. The summed E-state index contributed by atoms with van der Waals surface area (Å²) in [6.07, 6.45) is 1.25. The van der Waals surface area contributed by atoms with Crippen molar-refractivity contribution < 1.29 is 14.1 Å². The van der Waals surface area contributed by atoms with E-state index in [9.17, 15) is 4.79 Å². The molecule has 3 heterocycles. The van der Waals surface area contributed by atoms with Gasteiger partial charge in [-0.05, 0) is 26.2 Å². The van der Waals surface area contributed by atoms with Gasteiger partial charge in [-0.15, -0.1) is 0 Å². The van der Waals surface area contributed by atoms with Gasteiger partial charge >= 0.3 is 0 Å². The van der Waals surface area contributed by atoms with Gasteiger partial charge < -0.3 is 14.2 Å². The van der Waals surface area contributed by atoms with E-state index in [1.807, 2.05) is 18.7 Å². The molecule has 1 amide bonds. The molecule has 6 nitrogen and oxygen atoms in total. The summed E-state index contributed by atoms with van der Waals surface area (Å²) in [5.74, 6) is 1.60. The molecule has 0 spiro atoms. The summed E-state index contributed by atoms with van der Waals surface area (Å²) >= 11 is 0. The molecule has 2 saturated heterocycles. The molecule has 0 saturated carbocycles. The SMILES string of the molecule is Cc1noc(C)c1CCC(=O)N1C[C@H](C)[C@@H](N2CCOCC2)C1. The molecule has 23 heavy (non-hydrogen) atoms. The van der Waals surface area contributed by atoms with Gasteiger partial charge in [-0.3, -0.25) is 9.69 Å². The Bertz CT molecular complexity index is 532. The molecule has 2 fully saturated rings. The van der Waals surface area contributed by atoms with Crippen molar-refractivity contribution in [3.63, 3.8) is 0 Å². The van der Waals surface area contributed by atoms with E-state index in [-0.39, 0.29) is 5.91 Å². The first-order chi connectivity index (χ1) is 11.1. The maximum Gasteiger partial charge on any atom is 0.222 e. The molecule has 0 aliphatic carbocycles. The molecule has 6 heteroatoms. The first-order valence-corrected chi connectivity index (χ1v) is 8.57. The first kappa shape index (κ1) is 16.5. The van der Waals surface area contributed by atoms with E-state index in [0.29, 0.717) is 24.8 Å². The minimum absolute atomic E-state index is 0.243.